The van der Waals surface area contributed by atoms with Crippen molar-refractivity contribution in [2.45, 2.75) is 26.4 Å². The van der Waals surface area contributed by atoms with Gasteiger partial charge in [0.1, 0.15) is 12.4 Å². The summed E-state index contributed by atoms with van der Waals surface area (Å²) in [6.45, 7) is 7.32. The molecule has 0 atom stereocenters. The van der Waals surface area contributed by atoms with Gasteiger partial charge in [0.2, 0.25) is 0 Å². The molecule has 1 aromatic carbocycles. The van der Waals surface area contributed by atoms with E-state index in [4.69, 9.17) is 4.74 Å². The molecule has 1 nitrogen and oxygen atoms in total. The summed E-state index contributed by atoms with van der Waals surface area (Å²) in [5, 5.41) is 0. The molecule has 0 heterocycles. The van der Waals surface area contributed by atoms with E-state index in [9.17, 15) is 0 Å². The van der Waals surface area contributed by atoms with Gasteiger partial charge in [-0.3, -0.25) is 0 Å². The van der Waals surface area contributed by atoms with Gasteiger partial charge in [-0.1, -0.05) is 36.4 Å². The molecule has 22 heavy (non-hydrogen) atoms. The second-order valence-corrected chi connectivity index (χ2v) is 15.6. The number of ether oxygens (including phenoxy) is 1. The van der Waals surface area contributed by atoms with Crippen LogP contribution in [0.3, 0.4) is 0 Å². The van der Waals surface area contributed by atoms with Crippen LogP contribution in [0.15, 0.2) is 76.7 Å². The Morgan fingerprint density at radius 3 is 2.55 bits per heavy atom. The fourth-order valence-corrected chi connectivity index (χ4v) is 7.60. The number of allylic oxidation sites excluding steroid dienone is 7. The average Bonchev–Trinajstić information content (AvgIpc) is 3.01. The second-order valence-electron chi connectivity index (χ2n) is 5.20. The zero-order valence-electron chi connectivity index (χ0n) is 13.8. The van der Waals surface area contributed by atoms with Gasteiger partial charge >= 0.3 is 66.7 Å². The molecule has 0 fully saturated rings. The van der Waals surface area contributed by atoms with Crippen molar-refractivity contribution >= 4 is 6.66 Å². The molecule has 116 valence electrons. The van der Waals surface area contributed by atoms with Crippen LogP contribution < -0.4 is 4.74 Å². The van der Waals surface area contributed by atoms with Crippen molar-refractivity contribution in [1.29, 1.82) is 0 Å². The van der Waals surface area contributed by atoms with Gasteiger partial charge in [-0.05, 0) is 25.1 Å². The molecule has 0 unspecified atom stereocenters. The summed E-state index contributed by atoms with van der Waals surface area (Å²) < 4.78 is 7.21. The van der Waals surface area contributed by atoms with Crippen molar-refractivity contribution in [2.75, 3.05) is 6.61 Å². The third-order valence-corrected chi connectivity index (χ3v) is 8.74. The minimum absolute atomic E-state index is 0.207. The number of hydrogen-bond donors (Lipinski definition) is 0. The topological polar surface area (TPSA) is 9.23 Å². The van der Waals surface area contributed by atoms with Crippen molar-refractivity contribution in [3.63, 3.8) is 0 Å². The monoisotopic (exact) mass is 346 g/mol. The standard InChI is InChI=1S/C12H14O.C5H5.C2H7Si.Ti/c1-2-3-4-8-11-13-12-9-6-5-7-10-12;1-2-4-5-3-1;1-3-2;/h2-10H,11H2,1H3;1-3H,4H2;3H,1-2H3;. The molecule has 0 amide bonds. The van der Waals surface area contributed by atoms with E-state index in [-0.39, 0.29) is 6.66 Å². The van der Waals surface area contributed by atoms with E-state index in [0.29, 0.717) is 25.0 Å². The zero-order chi connectivity index (χ0) is 16.0. The predicted octanol–water partition coefficient (Wildman–Crippen LogP) is 5.09. The third-order valence-electron chi connectivity index (χ3n) is 2.77. The molecule has 2 rings (SSSR count). The Labute approximate surface area is 145 Å². The molecule has 0 N–H and O–H groups in total. The van der Waals surface area contributed by atoms with Crippen LogP contribution in [0.1, 0.15) is 13.3 Å². The van der Waals surface area contributed by atoms with E-state index in [2.05, 4.69) is 31.3 Å². The third kappa shape index (κ3) is 9.78. The number of para-hydroxylation sites is 1. The van der Waals surface area contributed by atoms with Crippen LogP contribution in [0, 0.1) is 0 Å². The van der Waals surface area contributed by atoms with Gasteiger partial charge < -0.3 is 4.74 Å². The quantitative estimate of drug-likeness (QED) is 0.515. The maximum atomic E-state index is 5.43. The molecular formula is C19H26OSiTi. The molecular weight excluding hydrogens is 320 g/mol. The molecule has 3 heteroatoms. The van der Waals surface area contributed by atoms with Gasteiger partial charge in [0.05, 0.1) is 0 Å². The van der Waals surface area contributed by atoms with Gasteiger partial charge in [0, 0.05) is 0 Å². The number of hydrogen-bond acceptors (Lipinski definition) is 1. The van der Waals surface area contributed by atoms with Gasteiger partial charge in [-0.2, -0.15) is 0 Å². The summed E-state index contributed by atoms with van der Waals surface area (Å²) in [5.41, 5.74) is 0. The summed E-state index contributed by atoms with van der Waals surface area (Å²) in [6.07, 6.45) is 16.0. The first-order valence-electron chi connectivity index (χ1n) is 7.80. The van der Waals surface area contributed by atoms with Crippen LogP contribution in [0.4, 0.5) is 0 Å². The Morgan fingerprint density at radius 2 is 1.95 bits per heavy atom. The first kappa shape index (κ1) is 19.0. The SMILES string of the molecule is CC=CC=CCOc1ccccc1.C[SiH](C)[Ti][C]1=CC=CC1. The first-order chi connectivity index (χ1) is 10.7. The summed E-state index contributed by atoms with van der Waals surface area (Å²) in [4.78, 5) is 0. The van der Waals surface area contributed by atoms with Crippen LogP contribution >= 0.6 is 0 Å². The van der Waals surface area contributed by atoms with Crippen LogP contribution in [0.25, 0.3) is 0 Å². The van der Waals surface area contributed by atoms with Crippen molar-refractivity contribution in [3.8, 4) is 5.75 Å². The van der Waals surface area contributed by atoms with E-state index < -0.39 is 0 Å². The molecule has 0 aliphatic heterocycles. The zero-order valence-corrected chi connectivity index (χ0v) is 16.5. The minimum atomic E-state index is -0.207. The number of rotatable bonds is 6. The van der Waals surface area contributed by atoms with Crippen molar-refractivity contribution in [3.05, 3.63) is 76.7 Å². The average molecular weight is 346 g/mol. The Morgan fingerprint density at radius 1 is 1.18 bits per heavy atom. The van der Waals surface area contributed by atoms with Crippen LogP contribution in [0.2, 0.25) is 13.1 Å². The molecule has 1 aliphatic rings. The molecule has 0 saturated carbocycles. The van der Waals surface area contributed by atoms with E-state index in [0.717, 1.165) is 5.75 Å². The van der Waals surface area contributed by atoms with Crippen molar-refractivity contribution in [2.24, 2.45) is 0 Å². The first-order valence-corrected chi connectivity index (χ1v) is 14.2. The Balaban J connectivity index is 0.000000235. The maximum absolute atomic E-state index is 5.43. The van der Waals surface area contributed by atoms with Crippen LogP contribution in [0.5, 0.6) is 5.75 Å². The van der Waals surface area contributed by atoms with Crippen molar-refractivity contribution < 1.29 is 23.1 Å². The van der Waals surface area contributed by atoms with Gasteiger partial charge in [-0.25, -0.2) is 0 Å². The van der Waals surface area contributed by atoms with Gasteiger partial charge in [0.15, 0.2) is 0 Å². The Hall–Kier alpha value is -1.09. The Kier molecular flexibility index (Phi) is 10.7. The molecule has 0 spiro atoms. The van der Waals surface area contributed by atoms with Crippen molar-refractivity contribution in [1.82, 2.24) is 0 Å². The second kappa shape index (κ2) is 12.5. The van der Waals surface area contributed by atoms with E-state index >= 15 is 0 Å². The molecule has 0 saturated heterocycles. The van der Waals surface area contributed by atoms with Gasteiger partial charge in [0.25, 0.3) is 0 Å². The summed E-state index contributed by atoms with van der Waals surface area (Å²) >= 11 is 0.375. The normalized spacial score (nSPS) is 13.4. The van der Waals surface area contributed by atoms with E-state index in [1.807, 2.05) is 61.6 Å². The molecule has 1 aromatic rings. The fraction of sp³-hybridized carbons (Fsp3) is 0.263. The summed E-state index contributed by atoms with van der Waals surface area (Å²) in [6, 6.07) is 9.80. The predicted molar refractivity (Wildman–Crippen MR) is 96.6 cm³/mol. The van der Waals surface area contributed by atoms with Crippen LogP contribution in [-0.2, 0) is 18.4 Å². The Bertz CT molecular complexity index is 515. The fourth-order valence-electron chi connectivity index (χ4n) is 1.83. The van der Waals surface area contributed by atoms with Gasteiger partial charge in [-0.15, -0.1) is 0 Å². The molecule has 0 radical (unpaired) electrons. The molecule has 1 aliphatic carbocycles. The summed E-state index contributed by atoms with van der Waals surface area (Å²) in [5.74, 6) is 0.910. The number of benzene rings is 1. The molecule has 0 bridgehead atoms. The van der Waals surface area contributed by atoms with E-state index in [1.165, 1.54) is 6.42 Å². The van der Waals surface area contributed by atoms with E-state index in [1.54, 1.807) is 3.88 Å². The molecule has 0 aromatic heterocycles. The summed E-state index contributed by atoms with van der Waals surface area (Å²) in [7, 11) is 0. The van der Waals surface area contributed by atoms with Crippen LogP contribution in [-0.4, -0.2) is 13.3 Å².